The van der Waals surface area contributed by atoms with E-state index in [1.165, 1.54) is 13.4 Å². The summed E-state index contributed by atoms with van der Waals surface area (Å²) in [6.07, 6.45) is 10.7. The van der Waals surface area contributed by atoms with Crippen molar-refractivity contribution in [2.75, 3.05) is 13.7 Å². The van der Waals surface area contributed by atoms with Crippen molar-refractivity contribution >= 4 is 25.0 Å². The summed E-state index contributed by atoms with van der Waals surface area (Å²) in [5, 5.41) is 0. The highest BCUT2D eigenvalue weighted by Gasteiger charge is 2.42. The highest BCUT2D eigenvalue weighted by atomic mass is 31.2. The molecule has 0 bridgehead atoms. The summed E-state index contributed by atoms with van der Waals surface area (Å²) in [5.41, 5.74) is 3.09. The van der Waals surface area contributed by atoms with E-state index in [4.69, 9.17) is 18.4 Å². The predicted octanol–water partition coefficient (Wildman–Crippen LogP) is 4.18. The number of hydrogen-bond donors (Lipinski definition) is 1. The Balaban J connectivity index is 1.62. The first-order valence-corrected chi connectivity index (χ1v) is 13.2. The lowest BCUT2D eigenvalue weighted by atomic mass is 10.0. The Morgan fingerprint density at radius 3 is 2.78 bits per heavy atom. The summed E-state index contributed by atoms with van der Waals surface area (Å²) in [6.45, 7) is 3.67. The predicted molar refractivity (Wildman–Crippen MR) is 132 cm³/mol. The first-order chi connectivity index (χ1) is 17.4. The molecule has 4 atom stereocenters. The van der Waals surface area contributed by atoms with Crippen molar-refractivity contribution in [3.8, 4) is 5.75 Å². The van der Waals surface area contributed by atoms with Crippen LogP contribution in [0.15, 0.2) is 61.3 Å². The minimum Gasteiger partial charge on any atom is -0.395 e. The molecule has 1 aromatic carbocycles. The number of hydrogen-bond acceptors (Lipinski definition) is 10. The fraction of sp³-hybridized carbons (Fsp3) is 0.417. The highest BCUT2D eigenvalue weighted by molar-refractivity contribution is 7.49. The van der Waals surface area contributed by atoms with Crippen LogP contribution in [0.5, 0.6) is 5.75 Å². The van der Waals surface area contributed by atoms with E-state index < -0.39 is 25.4 Å². The molecule has 0 aliphatic heterocycles. The third-order valence-corrected chi connectivity index (χ3v) is 7.49. The summed E-state index contributed by atoms with van der Waals surface area (Å²) in [6, 6.07) is 7.56. The molecule has 1 N–H and O–H groups in total. The number of nitrogens with one attached hydrogen (secondary N) is 1. The maximum Gasteiger partial charge on any atom is 0.589 e. The van der Waals surface area contributed by atoms with E-state index in [2.05, 4.69) is 20.4 Å². The number of carbonyl (C=O) groups excluding carboxylic acids is 1. The average Bonchev–Trinajstić information content (AvgIpc) is 3.54. The average molecular weight is 516 g/mol. The van der Waals surface area contributed by atoms with Crippen LogP contribution in [-0.2, 0) is 28.8 Å². The smallest absolute Gasteiger partial charge is 0.395 e. The van der Waals surface area contributed by atoms with Crippen LogP contribution >= 0.6 is 7.82 Å². The number of allylic oxidation sites excluding steroid dienone is 1. The molecule has 0 spiro atoms. The Morgan fingerprint density at radius 1 is 1.28 bits per heavy atom. The van der Waals surface area contributed by atoms with E-state index in [-0.39, 0.29) is 18.3 Å². The Hall–Kier alpha value is -3.11. The van der Waals surface area contributed by atoms with Gasteiger partial charge in [0.25, 0.3) is 0 Å². The van der Waals surface area contributed by atoms with Gasteiger partial charge in [0.2, 0.25) is 0 Å². The van der Waals surface area contributed by atoms with Gasteiger partial charge in [0, 0.05) is 0 Å². The van der Waals surface area contributed by atoms with Crippen LogP contribution in [0.4, 0.5) is 0 Å². The van der Waals surface area contributed by atoms with E-state index in [9.17, 15) is 9.36 Å². The van der Waals surface area contributed by atoms with E-state index in [0.717, 1.165) is 6.42 Å². The molecule has 0 saturated carbocycles. The largest absolute Gasteiger partial charge is 0.589 e. The zero-order valence-corrected chi connectivity index (χ0v) is 21.3. The normalized spacial score (nSPS) is 20.6. The number of phosphoric ester groups is 1. The van der Waals surface area contributed by atoms with Gasteiger partial charge in [-0.05, 0) is 30.9 Å². The molecule has 0 radical (unpaired) electrons. The van der Waals surface area contributed by atoms with E-state index in [0.29, 0.717) is 24.0 Å². The Bertz CT molecular complexity index is 1250. The van der Waals surface area contributed by atoms with Crippen molar-refractivity contribution in [2.24, 2.45) is 5.92 Å². The second-order valence-corrected chi connectivity index (χ2v) is 10.1. The van der Waals surface area contributed by atoms with Crippen LogP contribution in [0, 0.1) is 5.92 Å². The van der Waals surface area contributed by atoms with Crippen molar-refractivity contribution in [1.29, 1.82) is 0 Å². The number of hydroxylamine groups is 1. The minimum absolute atomic E-state index is 0.109. The molecular formula is C24H30N5O6P. The fourth-order valence-corrected chi connectivity index (χ4v) is 5.24. The van der Waals surface area contributed by atoms with Gasteiger partial charge in [-0.2, -0.15) is 5.48 Å². The molecule has 1 aliphatic rings. The lowest BCUT2D eigenvalue weighted by Crippen LogP contribution is -2.42. The number of para-hydroxylation sites is 1. The molecule has 3 aromatic rings. The van der Waals surface area contributed by atoms with Crippen LogP contribution in [-0.4, -0.2) is 45.2 Å². The van der Waals surface area contributed by atoms with Crippen LogP contribution in [0.3, 0.4) is 0 Å². The van der Waals surface area contributed by atoms with Crippen molar-refractivity contribution in [2.45, 2.75) is 44.7 Å². The third kappa shape index (κ3) is 5.65. The van der Waals surface area contributed by atoms with Crippen LogP contribution in [0.25, 0.3) is 11.2 Å². The summed E-state index contributed by atoms with van der Waals surface area (Å²) in [5.74, 6) is -0.726. The van der Waals surface area contributed by atoms with Gasteiger partial charge < -0.3 is 18.5 Å². The molecular weight excluding hydrogens is 485 g/mol. The second-order valence-electron chi connectivity index (χ2n) is 8.61. The summed E-state index contributed by atoms with van der Waals surface area (Å²) < 4.78 is 32.8. The molecule has 11 nitrogen and oxygen atoms in total. The topological polar surface area (TPSA) is 127 Å². The number of aromatic nitrogens is 4. The molecule has 2 heterocycles. The van der Waals surface area contributed by atoms with Crippen LogP contribution < -0.4 is 10.0 Å². The third-order valence-electron chi connectivity index (χ3n) is 6.21. The van der Waals surface area contributed by atoms with Gasteiger partial charge in [-0.25, -0.2) is 24.3 Å². The van der Waals surface area contributed by atoms with Gasteiger partial charge in [0.05, 0.1) is 31.8 Å². The quantitative estimate of drug-likeness (QED) is 0.213. The first-order valence-electron chi connectivity index (χ1n) is 11.7. The lowest BCUT2D eigenvalue weighted by molar-refractivity contribution is -0.144. The van der Waals surface area contributed by atoms with Gasteiger partial charge >= 0.3 is 13.8 Å². The van der Waals surface area contributed by atoms with Crippen LogP contribution in [0.1, 0.15) is 33.1 Å². The first kappa shape index (κ1) is 26.0. The number of nitrogens with zero attached hydrogens (tertiary/aromatic N) is 4. The van der Waals surface area contributed by atoms with Crippen molar-refractivity contribution < 1.29 is 27.8 Å². The minimum atomic E-state index is -4.43. The molecule has 2 aromatic heterocycles. The molecule has 1 aliphatic carbocycles. The van der Waals surface area contributed by atoms with Gasteiger partial charge in [0.1, 0.15) is 23.6 Å². The molecule has 2 unspecified atom stereocenters. The lowest BCUT2D eigenvalue weighted by Gasteiger charge is -2.31. The van der Waals surface area contributed by atoms with Gasteiger partial charge in [-0.3, -0.25) is 4.52 Å². The number of rotatable bonds is 12. The van der Waals surface area contributed by atoms with Gasteiger partial charge in [0.15, 0.2) is 5.65 Å². The molecule has 36 heavy (non-hydrogen) atoms. The number of imidazole rings is 1. The van der Waals surface area contributed by atoms with E-state index in [1.807, 2.05) is 30.6 Å². The van der Waals surface area contributed by atoms with Crippen molar-refractivity contribution in [3.05, 3.63) is 61.3 Å². The van der Waals surface area contributed by atoms with E-state index in [1.54, 1.807) is 42.9 Å². The maximum atomic E-state index is 13.9. The molecule has 0 fully saturated rings. The van der Waals surface area contributed by atoms with Crippen molar-refractivity contribution in [3.63, 3.8) is 0 Å². The summed E-state index contributed by atoms with van der Waals surface area (Å²) in [7, 11) is -3.03. The summed E-state index contributed by atoms with van der Waals surface area (Å²) >= 11 is 0. The Kier molecular flexibility index (Phi) is 8.15. The highest BCUT2D eigenvalue weighted by Crippen LogP contribution is 2.52. The molecule has 192 valence electrons. The zero-order chi connectivity index (χ0) is 25.6. The second kappa shape index (κ2) is 11.3. The van der Waals surface area contributed by atoms with Crippen molar-refractivity contribution in [1.82, 2.24) is 25.0 Å². The standard InChI is InChI=1S/C24H30N5O6P/c1-4-18(2)21(28-32-3)23(30)35-36(31,34-19-10-6-5-7-11-19)33-15-24(12-8-9-13-24)29-17-27-20-14-25-16-26-22(20)29/h5-8,10-12,14,16-18,21,28H,4,9,13,15H2,1-3H3/t18-,21-,24?,36?/m0/s1. The zero-order valence-electron chi connectivity index (χ0n) is 20.4. The fourth-order valence-electron chi connectivity index (χ4n) is 4.00. The van der Waals surface area contributed by atoms with Gasteiger partial charge in [-0.15, -0.1) is 0 Å². The molecule has 0 amide bonds. The number of benzene rings is 1. The monoisotopic (exact) mass is 515 g/mol. The number of fused-ring (bicyclic) bond motifs is 1. The van der Waals surface area contributed by atoms with E-state index >= 15 is 0 Å². The molecule has 4 rings (SSSR count). The number of phosphoric acid groups is 1. The Labute approximate surface area is 209 Å². The van der Waals surface area contributed by atoms with Crippen LogP contribution in [0.2, 0.25) is 0 Å². The SMILES string of the molecule is CC[C@H](C)[C@H](NOC)C(=O)OP(=O)(OCC1(n2cnc3cncnc32)C=CCC1)Oc1ccccc1. The van der Waals surface area contributed by atoms with Gasteiger partial charge in [-0.1, -0.05) is 50.6 Å². The molecule has 12 heteroatoms. The summed E-state index contributed by atoms with van der Waals surface area (Å²) in [4.78, 5) is 30.8. The Morgan fingerprint density at radius 2 is 2.08 bits per heavy atom. The molecule has 0 saturated heterocycles. The maximum absolute atomic E-state index is 13.9. The number of carbonyl (C=O) groups is 1.